The van der Waals surface area contributed by atoms with Gasteiger partial charge in [-0.2, -0.15) is 0 Å². The summed E-state index contributed by atoms with van der Waals surface area (Å²) in [6.07, 6.45) is 5.66. The van der Waals surface area contributed by atoms with Crippen LogP contribution in [0.2, 0.25) is 0 Å². The number of anilines is 1. The molecule has 0 unspecified atom stereocenters. The lowest BCUT2D eigenvalue weighted by Crippen LogP contribution is -2.41. The van der Waals surface area contributed by atoms with E-state index < -0.39 is 0 Å². The average molecular weight is 422 g/mol. The monoisotopic (exact) mass is 421 g/mol. The Morgan fingerprint density at radius 2 is 2.00 bits per heavy atom. The van der Waals surface area contributed by atoms with Gasteiger partial charge in [0, 0.05) is 39.3 Å². The van der Waals surface area contributed by atoms with Crippen molar-refractivity contribution in [3.63, 3.8) is 0 Å². The second-order valence-corrected chi connectivity index (χ2v) is 8.93. The van der Waals surface area contributed by atoms with E-state index in [4.69, 9.17) is 9.72 Å². The Labute approximate surface area is 173 Å². The summed E-state index contributed by atoms with van der Waals surface area (Å²) in [5, 5.41) is 4.83. The van der Waals surface area contributed by atoms with Crippen molar-refractivity contribution in [3.8, 4) is 0 Å². The van der Waals surface area contributed by atoms with Crippen LogP contribution >= 0.6 is 23.1 Å². The zero-order chi connectivity index (χ0) is 19.3. The van der Waals surface area contributed by atoms with E-state index in [-0.39, 0.29) is 5.91 Å². The molecule has 0 bridgehead atoms. The summed E-state index contributed by atoms with van der Waals surface area (Å²) in [7, 11) is 0. The normalized spacial score (nSPS) is 18.5. The SMILES string of the molecule is CSc1nc(N2CCCCC2)c2cc(C(=O)NCCN3CCOCC3)sc2n1. The number of amides is 1. The van der Waals surface area contributed by atoms with E-state index in [1.165, 1.54) is 30.6 Å². The van der Waals surface area contributed by atoms with Crippen molar-refractivity contribution in [2.24, 2.45) is 0 Å². The van der Waals surface area contributed by atoms with Crippen LogP contribution in [-0.4, -0.2) is 79.5 Å². The number of hydrogen-bond acceptors (Lipinski definition) is 8. The fourth-order valence-corrected chi connectivity index (χ4v) is 5.04. The molecule has 2 saturated heterocycles. The first-order valence-corrected chi connectivity index (χ1v) is 12.0. The first-order valence-electron chi connectivity index (χ1n) is 9.93. The quantitative estimate of drug-likeness (QED) is 0.567. The molecule has 7 nitrogen and oxygen atoms in total. The average Bonchev–Trinajstić information content (AvgIpc) is 3.18. The Morgan fingerprint density at radius 3 is 2.75 bits per heavy atom. The molecule has 2 fully saturated rings. The maximum Gasteiger partial charge on any atom is 0.261 e. The molecule has 2 aliphatic rings. The van der Waals surface area contributed by atoms with Crippen LogP contribution in [0, 0.1) is 0 Å². The molecule has 0 aliphatic carbocycles. The van der Waals surface area contributed by atoms with Gasteiger partial charge in [0.15, 0.2) is 5.16 Å². The van der Waals surface area contributed by atoms with Gasteiger partial charge in [0.25, 0.3) is 5.91 Å². The summed E-state index contributed by atoms with van der Waals surface area (Å²) in [6, 6.07) is 1.97. The van der Waals surface area contributed by atoms with E-state index >= 15 is 0 Å². The van der Waals surface area contributed by atoms with Crippen molar-refractivity contribution in [2.45, 2.75) is 24.4 Å². The molecule has 1 amide bonds. The van der Waals surface area contributed by atoms with Gasteiger partial charge in [-0.1, -0.05) is 11.8 Å². The summed E-state index contributed by atoms with van der Waals surface area (Å²) in [6.45, 7) is 6.98. The lowest BCUT2D eigenvalue weighted by molar-refractivity contribution is 0.0383. The van der Waals surface area contributed by atoms with Gasteiger partial charge in [-0.3, -0.25) is 9.69 Å². The minimum atomic E-state index is -0.0217. The zero-order valence-electron chi connectivity index (χ0n) is 16.3. The molecule has 2 aliphatic heterocycles. The topological polar surface area (TPSA) is 70.6 Å². The fraction of sp³-hybridized carbons (Fsp3) is 0.632. The second-order valence-electron chi connectivity index (χ2n) is 7.12. The number of ether oxygens (including phenoxy) is 1. The summed E-state index contributed by atoms with van der Waals surface area (Å²) in [5.74, 6) is 0.962. The number of rotatable bonds is 6. The predicted molar refractivity (Wildman–Crippen MR) is 115 cm³/mol. The molecular formula is C19H27N5O2S2. The van der Waals surface area contributed by atoms with Crippen LogP contribution in [0.25, 0.3) is 10.2 Å². The minimum absolute atomic E-state index is 0.0217. The van der Waals surface area contributed by atoms with E-state index in [2.05, 4.69) is 20.1 Å². The second kappa shape index (κ2) is 9.39. The van der Waals surface area contributed by atoms with Crippen LogP contribution in [0.4, 0.5) is 5.82 Å². The van der Waals surface area contributed by atoms with Crippen molar-refractivity contribution in [1.29, 1.82) is 0 Å². The summed E-state index contributed by atoms with van der Waals surface area (Å²) in [5.41, 5.74) is 0. The molecule has 152 valence electrons. The third kappa shape index (κ3) is 4.59. The molecular weight excluding hydrogens is 394 g/mol. The van der Waals surface area contributed by atoms with Gasteiger partial charge in [0.05, 0.1) is 23.5 Å². The first-order chi connectivity index (χ1) is 13.7. The molecule has 2 aromatic rings. The lowest BCUT2D eigenvalue weighted by atomic mass is 10.1. The lowest BCUT2D eigenvalue weighted by Gasteiger charge is -2.28. The van der Waals surface area contributed by atoms with Crippen molar-refractivity contribution in [1.82, 2.24) is 20.2 Å². The predicted octanol–water partition coefficient (Wildman–Crippen LogP) is 2.47. The molecule has 0 saturated carbocycles. The Hall–Kier alpha value is -1.42. The minimum Gasteiger partial charge on any atom is -0.379 e. The third-order valence-corrected chi connectivity index (χ3v) is 6.81. The molecule has 1 N–H and O–H groups in total. The van der Waals surface area contributed by atoms with Gasteiger partial charge in [-0.25, -0.2) is 9.97 Å². The highest BCUT2D eigenvalue weighted by Crippen LogP contribution is 2.33. The van der Waals surface area contributed by atoms with Gasteiger partial charge in [0.2, 0.25) is 0 Å². The maximum absolute atomic E-state index is 12.7. The smallest absolute Gasteiger partial charge is 0.261 e. The van der Waals surface area contributed by atoms with Crippen molar-refractivity contribution in [3.05, 3.63) is 10.9 Å². The number of nitrogens with zero attached hydrogens (tertiary/aromatic N) is 4. The highest BCUT2D eigenvalue weighted by molar-refractivity contribution is 7.98. The van der Waals surface area contributed by atoms with Gasteiger partial charge in [-0.05, 0) is 31.6 Å². The largest absolute Gasteiger partial charge is 0.379 e. The molecule has 0 atom stereocenters. The number of hydrogen-bond donors (Lipinski definition) is 1. The maximum atomic E-state index is 12.7. The van der Waals surface area contributed by atoms with E-state index in [0.29, 0.717) is 11.4 Å². The molecule has 0 spiro atoms. The molecule has 0 aromatic carbocycles. The zero-order valence-corrected chi connectivity index (χ0v) is 17.9. The molecule has 9 heteroatoms. The van der Waals surface area contributed by atoms with Crippen LogP contribution in [0.15, 0.2) is 11.2 Å². The number of fused-ring (bicyclic) bond motifs is 1. The Morgan fingerprint density at radius 1 is 1.21 bits per heavy atom. The van der Waals surface area contributed by atoms with E-state index in [0.717, 1.165) is 67.1 Å². The number of aromatic nitrogens is 2. The van der Waals surface area contributed by atoms with Gasteiger partial charge >= 0.3 is 0 Å². The first kappa shape index (κ1) is 19.9. The molecule has 4 heterocycles. The summed E-state index contributed by atoms with van der Waals surface area (Å²) >= 11 is 3.01. The van der Waals surface area contributed by atoms with Crippen LogP contribution in [0.3, 0.4) is 0 Å². The molecule has 4 rings (SSSR count). The number of carbonyl (C=O) groups is 1. The number of carbonyl (C=O) groups excluding carboxylic acids is 1. The summed E-state index contributed by atoms with van der Waals surface area (Å²) in [4.78, 5) is 28.4. The highest BCUT2D eigenvalue weighted by atomic mass is 32.2. The van der Waals surface area contributed by atoms with Gasteiger partial charge in [-0.15, -0.1) is 11.3 Å². The van der Waals surface area contributed by atoms with Crippen molar-refractivity contribution < 1.29 is 9.53 Å². The number of piperidine rings is 1. The van der Waals surface area contributed by atoms with E-state index in [1.807, 2.05) is 12.3 Å². The molecule has 2 aromatic heterocycles. The fourth-order valence-electron chi connectivity index (χ4n) is 3.68. The van der Waals surface area contributed by atoms with Crippen molar-refractivity contribution >= 4 is 45.0 Å². The van der Waals surface area contributed by atoms with Crippen LogP contribution in [0.1, 0.15) is 28.9 Å². The Kier molecular flexibility index (Phi) is 6.66. The number of nitrogens with one attached hydrogen (secondary N) is 1. The van der Waals surface area contributed by atoms with Gasteiger partial charge < -0.3 is 15.0 Å². The number of morpholine rings is 1. The Bertz CT molecular complexity index is 816. The van der Waals surface area contributed by atoms with Crippen LogP contribution in [-0.2, 0) is 4.74 Å². The summed E-state index contributed by atoms with van der Waals surface area (Å²) < 4.78 is 5.36. The Balaban J connectivity index is 1.48. The van der Waals surface area contributed by atoms with E-state index in [1.54, 1.807) is 11.8 Å². The van der Waals surface area contributed by atoms with Crippen molar-refractivity contribution in [2.75, 3.05) is 63.6 Å². The van der Waals surface area contributed by atoms with E-state index in [9.17, 15) is 4.79 Å². The van der Waals surface area contributed by atoms with Crippen LogP contribution < -0.4 is 10.2 Å². The van der Waals surface area contributed by atoms with Crippen LogP contribution in [0.5, 0.6) is 0 Å². The highest BCUT2D eigenvalue weighted by Gasteiger charge is 2.21. The molecule has 28 heavy (non-hydrogen) atoms. The standard InChI is InChI=1S/C19H27N5O2S2/c1-27-19-21-16(24-6-3-2-4-7-24)14-13-15(28-18(14)22-19)17(25)20-5-8-23-9-11-26-12-10-23/h13H,2-12H2,1H3,(H,20,25). The molecule has 0 radical (unpaired) electrons. The number of thioether (sulfide) groups is 1. The van der Waals surface area contributed by atoms with Gasteiger partial charge in [0.1, 0.15) is 10.6 Å². The third-order valence-electron chi connectivity index (χ3n) is 5.23. The number of thiophene rings is 1.